The van der Waals surface area contributed by atoms with Gasteiger partial charge in [0.15, 0.2) is 0 Å². The van der Waals surface area contributed by atoms with Crippen LogP contribution in [0.2, 0.25) is 5.02 Å². The van der Waals surface area contributed by atoms with Crippen LogP contribution in [0.15, 0.2) is 42.5 Å². The summed E-state index contributed by atoms with van der Waals surface area (Å²) in [6, 6.07) is 13.0. The second-order valence-electron chi connectivity index (χ2n) is 6.52. The molecule has 24 heavy (non-hydrogen) atoms. The molecule has 4 nitrogen and oxygen atoms in total. The van der Waals surface area contributed by atoms with Crippen molar-refractivity contribution in [3.05, 3.63) is 58.6 Å². The van der Waals surface area contributed by atoms with Crippen molar-refractivity contribution in [1.29, 1.82) is 0 Å². The maximum Gasteiger partial charge on any atom is 0.242 e. The topological polar surface area (TPSA) is 40.6 Å². The Kier molecular flexibility index (Phi) is 3.39. The van der Waals surface area contributed by atoms with E-state index in [0.717, 1.165) is 16.8 Å². The summed E-state index contributed by atoms with van der Waals surface area (Å²) in [5.41, 5.74) is 3.53. The monoisotopic (exact) mass is 340 g/mol. The molecule has 0 bridgehead atoms. The third kappa shape index (κ3) is 2.13. The molecule has 5 heteroatoms. The molecule has 2 amide bonds. The molecule has 4 rings (SSSR count). The summed E-state index contributed by atoms with van der Waals surface area (Å²) in [7, 11) is 1.94. The van der Waals surface area contributed by atoms with E-state index >= 15 is 0 Å². The van der Waals surface area contributed by atoms with Crippen molar-refractivity contribution in [2.24, 2.45) is 5.92 Å². The second-order valence-corrected chi connectivity index (χ2v) is 6.95. The molecule has 0 N–H and O–H groups in total. The minimum atomic E-state index is -0.455. The van der Waals surface area contributed by atoms with Crippen molar-refractivity contribution >= 4 is 34.8 Å². The van der Waals surface area contributed by atoms with Crippen LogP contribution in [0.1, 0.15) is 17.0 Å². The molecule has 0 unspecified atom stereocenters. The van der Waals surface area contributed by atoms with Crippen LogP contribution >= 0.6 is 11.6 Å². The van der Waals surface area contributed by atoms with E-state index in [1.165, 1.54) is 4.90 Å². The highest BCUT2D eigenvalue weighted by Gasteiger charge is 2.52. The Hall–Kier alpha value is -2.33. The molecule has 0 aromatic heterocycles. The average Bonchev–Trinajstić information content (AvgIpc) is 2.79. The molecular weight excluding hydrogens is 324 g/mol. The molecule has 2 aliphatic rings. The number of halogens is 1. The van der Waals surface area contributed by atoms with Gasteiger partial charge in [0, 0.05) is 24.3 Å². The smallest absolute Gasteiger partial charge is 0.242 e. The number of rotatable bonds is 1. The molecule has 0 aliphatic carbocycles. The summed E-state index contributed by atoms with van der Waals surface area (Å²) in [5.74, 6) is -1.12. The first-order chi connectivity index (χ1) is 11.5. The number of anilines is 2. The maximum atomic E-state index is 13.1. The number of carbonyl (C=O) groups excluding carboxylic acids is 2. The first kappa shape index (κ1) is 15.2. The van der Waals surface area contributed by atoms with Crippen molar-refractivity contribution in [3.8, 4) is 0 Å². The SMILES string of the molecule is Cc1ccc(N2C(=O)[C@@H]3CN(C)c4ccc(Cl)cc4[C@@H]3C2=O)cc1. The number of imide groups is 1. The highest BCUT2D eigenvalue weighted by atomic mass is 35.5. The Bertz CT molecular complexity index is 847. The third-order valence-corrected chi connectivity index (χ3v) is 5.16. The van der Waals surface area contributed by atoms with Gasteiger partial charge in [-0.3, -0.25) is 9.59 Å². The zero-order chi connectivity index (χ0) is 17.0. The number of hydrogen-bond donors (Lipinski definition) is 0. The fourth-order valence-corrected chi connectivity index (χ4v) is 3.91. The highest BCUT2D eigenvalue weighted by Crippen LogP contribution is 2.45. The maximum absolute atomic E-state index is 13.1. The van der Waals surface area contributed by atoms with Crippen LogP contribution in [0.3, 0.4) is 0 Å². The van der Waals surface area contributed by atoms with Gasteiger partial charge in [-0.15, -0.1) is 0 Å². The average molecular weight is 341 g/mol. The Morgan fingerprint density at radius 3 is 2.46 bits per heavy atom. The van der Waals surface area contributed by atoms with Crippen LogP contribution in [0, 0.1) is 12.8 Å². The van der Waals surface area contributed by atoms with Gasteiger partial charge >= 0.3 is 0 Å². The number of carbonyl (C=O) groups is 2. The summed E-state index contributed by atoms with van der Waals surface area (Å²) < 4.78 is 0. The number of amides is 2. The molecular formula is C19H17ClN2O2. The van der Waals surface area contributed by atoms with Gasteiger partial charge in [0.2, 0.25) is 11.8 Å². The molecule has 2 heterocycles. The normalized spacial score (nSPS) is 22.6. The van der Waals surface area contributed by atoms with Crippen LogP contribution in [0.25, 0.3) is 0 Å². The van der Waals surface area contributed by atoms with Gasteiger partial charge in [0.25, 0.3) is 0 Å². The Labute approximate surface area is 145 Å². The number of nitrogens with zero attached hydrogens (tertiary/aromatic N) is 2. The van der Waals surface area contributed by atoms with E-state index in [-0.39, 0.29) is 17.7 Å². The van der Waals surface area contributed by atoms with E-state index in [1.54, 1.807) is 0 Å². The molecule has 0 spiro atoms. The Morgan fingerprint density at radius 2 is 1.75 bits per heavy atom. The summed E-state index contributed by atoms with van der Waals surface area (Å²) in [5, 5.41) is 0.580. The lowest BCUT2D eigenvalue weighted by Crippen LogP contribution is -2.37. The zero-order valence-electron chi connectivity index (χ0n) is 13.5. The van der Waals surface area contributed by atoms with Crippen LogP contribution in [-0.2, 0) is 9.59 Å². The van der Waals surface area contributed by atoms with Gasteiger partial charge in [-0.05, 0) is 42.8 Å². The Balaban J connectivity index is 1.81. The summed E-state index contributed by atoms with van der Waals surface area (Å²) in [4.78, 5) is 29.3. The molecule has 1 saturated heterocycles. The number of aryl methyl sites for hydroxylation is 1. The van der Waals surface area contributed by atoms with Crippen LogP contribution in [0.4, 0.5) is 11.4 Å². The van der Waals surface area contributed by atoms with Crippen molar-refractivity contribution < 1.29 is 9.59 Å². The van der Waals surface area contributed by atoms with E-state index in [0.29, 0.717) is 17.3 Å². The van der Waals surface area contributed by atoms with Gasteiger partial charge < -0.3 is 4.90 Å². The van der Waals surface area contributed by atoms with Gasteiger partial charge in [0.05, 0.1) is 17.5 Å². The molecule has 2 aliphatic heterocycles. The standard InChI is InChI=1S/C19H17ClN2O2/c1-11-3-6-13(7-4-11)22-18(23)15-10-21(2)16-8-5-12(20)9-14(16)17(15)19(22)24/h3-9,15,17H,10H2,1-2H3/t15-,17+/m1/s1. The van der Waals surface area contributed by atoms with Crippen LogP contribution in [0.5, 0.6) is 0 Å². The Morgan fingerprint density at radius 1 is 1.04 bits per heavy atom. The second kappa shape index (κ2) is 5.35. The zero-order valence-corrected chi connectivity index (χ0v) is 14.2. The van der Waals surface area contributed by atoms with Gasteiger partial charge in [-0.2, -0.15) is 0 Å². The number of benzene rings is 2. The van der Waals surface area contributed by atoms with Crippen molar-refractivity contribution in [3.63, 3.8) is 0 Å². The number of hydrogen-bond acceptors (Lipinski definition) is 3. The van der Waals surface area contributed by atoms with E-state index < -0.39 is 5.92 Å². The fraction of sp³-hybridized carbons (Fsp3) is 0.263. The predicted octanol–water partition coefficient (Wildman–Crippen LogP) is 3.37. The molecule has 2 atom stereocenters. The summed E-state index contributed by atoms with van der Waals surface area (Å²) >= 11 is 6.14. The fourth-order valence-electron chi connectivity index (χ4n) is 3.73. The van der Waals surface area contributed by atoms with Gasteiger partial charge in [0.1, 0.15) is 0 Å². The van der Waals surface area contributed by atoms with Crippen LogP contribution < -0.4 is 9.80 Å². The lowest BCUT2D eigenvalue weighted by molar-refractivity contribution is -0.122. The first-order valence-electron chi connectivity index (χ1n) is 7.92. The summed E-state index contributed by atoms with van der Waals surface area (Å²) in [6.45, 7) is 2.51. The minimum Gasteiger partial charge on any atom is -0.374 e. The van der Waals surface area contributed by atoms with Crippen molar-refractivity contribution in [2.45, 2.75) is 12.8 Å². The third-order valence-electron chi connectivity index (χ3n) is 4.93. The molecule has 0 radical (unpaired) electrons. The lowest BCUT2D eigenvalue weighted by atomic mass is 9.83. The van der Waals surface area contributed by atoms with Gasteiger partial charge in [-0.25, -0.2) is 4.90 Å². The molecule has 1 fully saturated rings. The highest BCUT2D eigenvalue weighted by molar-refractivity contribution is 6.31. The summed E-state index contributed by atoms with van der Waals surface area (Å²) in [6.07, 6.45) is 0. The van der Waals surface area contributed by atoms with Crippen molar-refractivity contribution in [1.82, 2.24) is 0 Å². The predicted molar refractivity (Wildman–Crippen MR) is 94.6 cm³/mol. The molecule has 0 saturated carbocycles. The number of fused-ring (bicyclic) bond motifs is 3. The van der Waals surface area contributed by atoms with Gasteiger partial charge in [-0.1, -0.05) is 29.3 Å². The molecule has 2 aromatic rings. The molecule has 122 valence electrons. The minimum absolute atomic E-state index is 0.133. The van der Waals surface area contributed by atoms with E-state index in [1.807, 2.05) is 61.3 Å². The first-order valence-corrected chi connectivity index (χ1v) is 8.30. The quantitative estimate of drug-likeness (QED) is 0.747. The van der Waals surface area contributed by atoms with Crippen LogP contribution in [-0.4, -0.2) is 25.4 Å². The molecule has 2 aromatic carbocycles. The lowest BCUT2D eigenvalue weighted by Gasteiger charge is -2.33. The van der Waals surface area contributed by atoms with E-state index in [4.69, 9.17) is 11.6 Å². The van der Waals surface area contributed by atoms with E-state index in [9.17, 15) is 9.59 Å². The van der Waals surface area contributed by atoms with E-state index in [2.05, 4.69) is 0 Å². The largest absolute Gasteiger partial charge is 0.374 e. The van der Waals surface area contributed by atoms with Crippen molar-refractivity contribution in [2.75, 3.05) is 23.4 Å².